The monoisotopic (exact) mass is 303 g/mol. The van der Waals surface area contributed by atoms with Crippen LogP contribution in [0.3, 0.4) is 0 Å². The average molecular weight is 303 g/mol. The molecule has 0 spiro atoms. The maximum atomic E-state index is 10.1. The maximum absolute atomic E-state index is 10.1. The zero-order valence-corrected chi connectivity index (χ0v) is 11.6. The van der Waals surface area contributed by atoms with Gasteiger partial charge in [-0.2, -0.15) is 0 Å². The quantitative estimate of drug-likeness (QED) is 0.274. The largest absolute Gasteiger partial charge is 0.394 e. The standard InChI is InChI=1S/C11H21N5O5/c1-20-7-6(18)4(2-17)21-10(7)16-3-13-5-8(16)14-11(12)15-9(5)19/h4,6-7,9-11,13-15,17-19H,2-3,12H2,1H3/t4-,6?,7?,9?,10-,11?/m1/s1. The molecule has 3 rings (SSSR count). The predicted octanol–water partition coefficient (Wildman–Crippen LogP) is -4.14. The second kappa shape index (κ2) is 5.57. The number of nitrogens with two attached hydrogens (primary N) is 1. The molecular formula is C11H21N5O5. The summed E-state index contributed by atoms with van der Waals surface area (Å²) in [6.07, 6.45) is -4.41. The first-order valence-corrected chi connectivity index (χ1v) is 6.75. The van der Waals surface area contributed by atoms with Gasteiger partial charge in [0.1, 0.15) is 30.4 Å². The molecule has 1 saturated heterocycles. The lowest BCUT2D eigenvalue weighted by Crippen LogP contribution is -2.60. The Hall–Kier alpha value is -1.14. The number of methoxy groups -OCH3 is 1. The van der Waals surface area contributed by atoms with Gasteiger partial charge in [-0.15, -0.1) is 0 Å². The van der Waals surface area contributed by atoms with E-state index in [9.17, 15) is 15.3 Å². The van der Waals surface area contributed by atoms with Gasteiger partial charge in [0, 0.05) is 7.11 Å². The van der Waals surface area contributed by atoms with Gasteiger partial charge in [-0.25, -0.2) is 0 Å². The van der Waals surface area contributed by atoms with E-state index in [4.69, 9.17) is 15.2 Å². The fourth-order valence-corrected chi connectivity index (χ4v) is 2.91. The molecule has 0 aromatic rings. The summed E-state index contributed by atoms with van der Waals surface area (Å²) in [5.74, 6) is 0.589. The first-order chi connectivity index (χ1) is 10.1. The van der Waals surface area contributed by atoms with Crippen LogP contribution < -0.4 is 21.7 Å². The van der Waals surface area contributed by atoms with E-state index in [0.717, 1.165) is 0 Å². The second-order valence-electron chi connectivity index (χ2n) is 5.20. The Bertz CT molecular complexity index is 435. The highest BCUT2D eigenvalue weighted by Crippen LogP contribution is 2.31. The summed E-state index contributed by atoms with van der Waals surface area (Å²) in [5.41, 5.74) is 6.31. The highest BCUT2D eigenvalue weighted by molar-refractivity contribution is 5.23. The number of nitrogens with one attached hydrogen (secondary N) is 3. The van der Waals surface area contributed by atoms with E-state index in [1.54, 1.807) is 4.90 Å². The van der Waals surface area contributed by atoms with Gasteiger partial charge in [-0.1, -0.05) is 0 Å². The Morgan fingerprint density at radius 3 is 2.90 bits per heavy atom. The van der Waals surface area contributed by atoms with Crippen LogP contribution in [0, 0.1) is 0 Å². The molecule has 0 amide bonds. The number of hydrogen-bond donors (Lipinski definition) is 7. The van der Waals surface area contributed by atoms with Crippen molar-refractivity contribution in [3.8, 4) is 0 Å². The van der Waals surface area contributed by atoms with E-state index < -0.39 is 37.1 Å². The van der Waals surface area contributed by atoms with Gasteiger partial charge in [-0.05, 0) is 0 Å². The van der Waals surface area contributed by atoms with E-state index in [1.807, 2.05) is 0 Å². The van der Waals surface area contributed by atoms with Crippen LogP contribution >= 0.6 is 0 Å². The molecule has 0 saturated carbocycles. The molecule has 0 aromatic heterocycles. The minimum Gasteiger partial charge on any atom is -0.394 e. The van der Waals surface area contributed by atoms with Crippen molar-refractivity contribution in [2.75, 3.05) is 20.4 Å². The van der Waals surface area contributed by atoms with Crippen LogP contribution in [0.5, 0.6) is 0 Å². The molecule has 10 heteroatoms. The molecule has 0 radical (unpaired) electrons. The van der Waals surface area contributed by atoms with Crippen molar-refractivity contribution in [1.82, 2.24) is 20.9 Å². The molecule has 0 aromatic carbocycles. The van der Waals surface area contributed by atoms with Crippen LogP contribution in [0.25, 0.3) is 0 Å². The molecule has 0 aliphatic carbocycles. The van der Waals surface area contributed by atoms with Gasteiger partial charge >= 0.3 is 0 Å². The third-order valence-electron chi connectivity index (χ3n) is 3.96. The number of hydrogen-bond acceptors (Lipinski definition) is 10. The maximum Gasteiger partial charge on any atom is 0.162 e. The lowest BCUT2D eigenvalue weighted by molar-refractivity contribution is -0.0928. The summed E-state index contributed by atoms with van der Waals surface area (Å²) in [7, 11) is 1.47. The first-order valence-electron chi connectivity index (χ1n) is 6.75. The molecule has 4 unspecified atom stereocenters. The Morgan fingerprint density at radius 2 is 2.24 bits per heavy atom. The van der Waals surface area contributed by atoms with E-state index in [-0.39, 0.29) is 6.61 Å². The molecule has 1 fully saturated rings. The van der Waals surface area contributed by atoms with E-state index in [0.29, 0.717) is 18.2 Å². The van der Waals surface area contributed by atoms with Crippen molar-refractivity contribution in [1.29, 1.82) is 0 Å². The Kier molecular flexibility index (Phi) is 3.92. The van der Waals surface area contributed by atoms with Crippen molar-refractivity contribution in [2.45, 2.75) is 37.1 Å². The lowest BCUT2D eigenvalue weighted by atomic mass is 10.1. The van der Waals surface area contributed by atoms with Crippen molar-refractivity contribution in [2.24, 2.45) is 5.73 Å². The molecule has 8 N–H and O–H groups in total. The fraction of sp³-hybridized carbons (Fsp3) is 0.818. The van der Waals surface area contributed by atoms with Crippen LogP contribution in [0.4, 0.5) is 0 Å². The Labute approximate surface area is 121 Å². The molecule has 0 bridgehead atoms. The summed E-state index contributed by atoms with van der Waals surface area (Å²) in [6, 6.07) is 0. The van der Waals surface area contributed by atoms with Crippen LogP contribution in [0.1, 0.15) is 0 Å². The van der Waals surface area contributed by atoms with E-state index in [1.165, 1.54) is 7.11 Å². The SMILES string of the molecule is COC1C(O)[C@@H](CO)O[C@H]1N1CNC2=C1NC(N)NC2O. The van der Waals surface area contributed by atoms with Crippen molar-refractivity contribution >= 4 is 0 Å². The summed E-state index contributed by atoms with van der Waals surface area (Å²) in [4.78, 5) is 1.77. The number of rotatable bonds is 3. The van der Waals surface area contributed by atoms with Crippen LogP contribution in [-0.4, -0.2) is 77.7 Å². The van der Waals surface area contributed by atoms with Gasteiger partial charge in [0.25, 0.3) is 0 Å². The molecular weight excluding hydrogens is 282 g/mol. The Morgan fingerprint density at radius 1 is 1.48 bits per heavy atom. The third kappa shape index (κ3) is 2.34. The van der Waals surface area contributed by atoms with Gasteiger partial charge in [0.15, 0.2) is 12.5 Å². The van der Waals surface area contributed by atoms with Crippen molar-refractivity contribution < 1.29 is 24.8 Å². The summed E-state index contributed by atoms with van der Waals surface area (Å²) >= 11 is 0. The fourth-order valence-electron chi connectivity index (χ4n) is 2.91. The van der Waals surface area contributed by atoms with Crippen molar-refractivity contribution in [3.63, 3.8) is 0 Å². The van der Waals surface area contributed by atoms with Gasteiger partial charge in [0.2, 0.25) is 0 Å². The van der Waals surface area contributed by atoms with Gasteiger partial charge in [0.05, 0.1) is 19.0 Å². The first kappa shape index (κ1) is 14.8. The van der Waals surface area contributed by atoms with E-state index >= 15 is 0 Å². The van der Waals surface area contributed by atoms with Gasteiger partial charge in [-0.3, -0.25) is 11.1 Å². The number of ether oxygens (including phenoxy) is 2. The Balaban J connectivity index is 1.84. The van der Waals surface area contributed by atoms with E-state index in [2.05, 4.69) is 16.0 Å². The summed E-state index contributed by atoms with van der Waals surface area (Å²) < 4.78 is 11.0. The smallest absolute Gasteiger partial charge is 0.162 e. The number of aliphatic hydroxyl groups excluding tert-OH is 3. The van der Waals surface area contributed by atoms with Crippen LogP contribution in [0.15, 0.2) is 11.5 Å². The molecule has 6 atom stereocenters. The number of nitrogens with zero attached hydrogens (tertiary/aromatic N) is 1. The minimum absolute atomic E-state index is 0.304. The molecule has 21 heavy (non-hydrogen) atoms. The zero-order valence-electron chi connectivity index (χ0n) is 11.6. The topological polar surface area (TPSA) is 144 Å². The molecule has 10 nitrogen and oxygen atoms in total. The van der Waals surface area contributed by atoms with Crippen molar-refractivity contribution in [3.05, 3.63) is 11.5 Å². The summed E-state index contributed by atoms with van der Waals surface area (Å²) in [5, 5.41) is 38.1. The highest BCUT2D eigenvalue weighted by Gasteiger charge is 2.49. The van der Waals surface area contributed by atoms with Crippen LogP contribution in [0.2, 0.25) is 0 Å². The third-order valence-corrected chi connectivity index (χ3v) is 3.96. The molecule has 3 aliphatic heterocycles. The normalized spacial score (nSPS) is 42.8. The average Bonchev–Trinajstić information content (AvgIpc) is 2.99. The molecule has 3 heterocycles. The second-order valence-corrected chi connectivity index (χ2v) is 5.20. The van der Waals surface area contributed by atoms with Crippen LogP contribution in [-0.2, 0) is 9.47 Å². The van der Waals surface area contributed by atoms with Gasteiger partial charge < -0.3 is 40.3 Å². The highest BCUT2D eigenvalue weighted by atomic mass is 16.6. The summed E-state index contributed by atoms with van der Waals surface area (Å²) in [6.45, 7) is 0.0559. The minimum atomic E-state index is -0.935. The zero-order chi connectivity index (χ0) is 15.1. The number of aliphatic hydroxyl groups is 3. The lowest BCUT2D eigenvalue weighted by Gasteiger charge is -2.35. The predicted molar refractivity (Wildman–Crippen MR) is 69.7 cm³/mol. The molecule has 3 aliphatic rings. The molecule has 120 valence electrons.